The summed E-state index contributed by atoms with van der Waals surface area (Å²) in [6, 6.07) is 7.11. The van der Waals surface area contributed by atoms with Crippen molar-refractivity contribution in [3.8, 4) is 0 Å². The third kappa shape index (κ3) is 4.64. The normalized spacial score (nSPS) is 11.7. The number of halogens is 1. The van der Waals surface area contributed by atoms with E-state index in [-0.39, 0.29) is 24.3 Å². The Labute approximate surface area is 120 Å². The van der Waals surface area contributed by atoms with Gasteiger partial charge in [-0.2, -0.15) is 0 Å². The highest BCUT2D eigenvalue weighted by atomic mass is 127. The zero-order chi connectivity index (χ0) is 13.5. The molecule has 0 unspecified atom stereocenters. The molecule has 1 aromatic carbocycles. The summed E-state index contributed by atoms with van der Waals surface area (Å²) in [6.45, 7) is 1.96. The maximum absolute atomic E-state index is 11.9. The van der Waals surface area contributed by atoms with Crippen molar-refractivity contribution >= 4 is 34.5 Å². The van der Waals surface area contributed by atoms with Gasteiger partial charge in [0.2, 0.25) is 0 Å². The fourth-order valence-corrected chi connectivity index (χ4v) is 1.93. The van der Waals surface area contributed by atoms with Gasteiger partial charge in [0, 0.05) is 16.0 Å². The van der Waals surface area contributed by atoms with Gasteiger partial charge in [0.1, 0.15) is 0 Å². The summed E-state index contributed by atoms with van der Waals surface area (Å²) in [7, 11) is 1.34. The van der Waals surface area contributed by atoms with Crippen LogP contribution in [0.2, 0.25) is 0 Å². The van der Waals surface area contributed by atoms with Crippen LogP contribution < -0.4 is 5.32 Å². The number of hydrogen-bond acceptors (Lipinski definition) is 3. The molecule has 0 heterocycles. The smallest absolute Gasteiger partial charge is 0.307 e. The first kappa shape index (κ1) is 14.9. The van der Waals surface area contributed by atoms with Gasteiger partial charge < -0.3 is 10.1 Å². The van der Waals surface area contributed by atoms with Crippen molar-refractivity contribution in [2.24, 2.45) is 0 Å². The molecule has 1 rings (SSSR count). The van der Waals surface area contributed by atoms with Crippen LogP contribution in [0.5, 0.6) is 0 Å². The number of amides is 1. The van der Waals surface area contributed by atoms with E-state index in [1.165, 1.54) is 7.11 Å². The first-order chi connectivity index (χ1) is 8.56. The fourth-order valence-electron chi connectivity index (χ4n) is 1.40. The first-order valence-corrected chi connectivity index (χ1v) is 7.09. The number of benzene rings is 1. The summed E-state index contributed by atoms with van der Waals surface area (Å²) in [5.41, 5.74) is 1.70. The number of esters is 1. The molecule has 0 fully saturated rings. The average molecular weight is 361 g/mol. The molecule has 1 aromatic rings. The van der Waals surface area contributed by atoms with E-state index in [1.54, 1.807) is 12.1 Å². The molecule has 98 valence electrons. The van der Waals surface area contributed by atoms with Crippen LogP contribution in [-0.4, -0.2) is 29.5 Å². The van der Waals surface area contributed by atoms with E-state index in [0.29, 0.717) is 9.99 Å². The van der Waals surface area contributed by atoms with Crippen LogP contribution in [0.1, 0.15) is 22.3 Å². The third-order valence-electron chi connectivity index (χ3n) is 2.48. The Bertz CT molecular complexity index is 417. The Kier molecular flexibility index (Phi) is 6.11. The molecule has 0 spiro atoms. The van der Waals surface area contributed by atoms with Crippen LogP contribution in [0.25, 0.3) is 0 Å². The predicted octanol–water partition coefficient (Wildman–Crippen LogP) is 2.09. The van der Waals surface area contributed by atoms with Crippen molar-refractivity contribution < 1.29 is 14.3 Å². The standard InChI is InChI=1S/C13H16INO3/c1-9-3-5-10(6-4-9)13(17)15-11(8-14)7-12(16)18-2/h3-6,11H,7-8H2,1-2H3,(H,15,17)/t11-/m0/s1. The molecule has 0 saturated carbocycles. The minimum atomic E-state index is -0.319. The number of alkyl halides is 1. The number of aryl methyl sites for hydroxylation is 1. The van der Waals surface area contributed by atoms with E-state index in [1.807, 2.05) is 19.1 Å². The summed E-state index contributed by atoms with van der Waals surface area (Å²) >= 11 is 2.13. The van der Waals surface area contributed by atoms with Gasteiger partial charge in [0.15, 0.2) is 0 Å². The lowest BCUT2D eigenvalue weighted by molar-refractivity contribution is -0.140. The second-order valence-corrected chi connectivity index (χ2v) is 4.85. The maximum atomic E-state index is 11.9. The summed E-state index contributed by atoms with van der Waals surface area (Å²) in [6.07, 6.45) is 0.192. The van der Waals surface area contributed by atoms with Gasteiger partial charge in [-0.1, -0.05) is 40.3 Å². The minimum absolute atomic E-state index is 0.166. The predicted molar refractivity (Wildman–Crippen MR) is 78.0 cm³/mol. The molecule has 0 saturated heterocycles. The number of ether oxygens (including phenoxy) is 1. The number of methoxy groups -OCH3 is 1. The molecule has 0 aromatic heterocycles. The van der Waals surface area contributed by atoms with Crippen molar-refractivity contribution in [2.45, 2.75) is 19.4 Å². The van der Waals surface area contributed by atoms with Crippen LogP contribution in [0.4, 0.5) is 0 Å². The Morgan fingerprint density at radius 1 is 1.33 bits per heavy atom. The van der Waals surface area contributed by atoms with Crippen molar-refractivity contribution in [3.05, 3.63) is 35.4 Å². The molecule has 1 atom stereocenters. The molecule has 5 heteroatoms. The summed E-state index contributed by atoms with van der Waals surface area (Å²) in [5.74, 6) is -0.485. The Morgan fingerprint density at radius 3 is 2.44 bits per heavy atom. The number of nitrogens with one attached hydrogen (secondary N) is 1. The Hall–Kier alpha value is -1.11. The van der Waals surface area contributed by atoms with Gasteiger partial charge in [-0.15, -0.1) is 0 Å². The van der Waals surface area contributed by atoms with E-state index < -0.39 is 0 Å². The van der Waals surface area contributed by atoms with Crippen LogP contribution in [0.3, 0.4) is 0 Å². The topological polar surface area (TPSA) is 55.4 Å². The lowest BCUT2D eigenvalue weighted by atomic mass is 10.1. The largest absolute Gasteiger partial charge is 0.469 e. The zero-order valence-corrected chi connectivity index (χ0v) is 12.6. The second kappa shape index (κ2) is 7.35. The highest BCUT2D eigenvalue weighted by molar-refractivity contribution is 14.1. The summed E-state index contributed by atoms with van der Waals surface area (Å²) in [4.78, 5) is 23.1. The molecule has 0 aliphatic heterocycles. The lowest BCUT2D eigenvalue weighted by Gasteiger charge is -2.15. The van der Waals surface area contributed by atoms with Crippen LogP contribution in [-0.2, 0) is 9.53 Å². The number of rotatable bonds is 5. The van der Waals surface area contributed by atoms with E-state index in [0.717, 1.165) is 5.56 Å². The van der Waals surface area contributed by atoms with Gasteiger partial charge in [0.25, 0.3) is 5.91 Å². The third-order valence-corrected chi connectivity index (χ3v) is 3.54. The molecular formula is C13H16INO3. The molecule has 4 nitrogen and oxygen atoms in total. The molecule has 18 heavy (non-hydrogen) atoms. The highest BCUT2D eigenvalue weighted by Crippen LogP contribution is 2.05. The van der Waals surface area contributed by atoms with E-state index in [9.17, 15) is 9.59 Å². The summed E-state index contributed by atoms with van der Waals surface area (Å²) < 4.78 is 5.25. The maximum Gasteiger partial charge on any atom is 0.307 e. The molecule has 1 amide bonds. The molecule has 0 bridgehead atoms. The lowest BCUT2D eigenvalue weighted by Crippen LogP contribution is -2.37. The van der Waals surface area contributed by atoms with E-state index >= 15 is 0 Å². The van der Waals surface area contributed by atoms with Crippen LogP contribution in [0, 0.1) is 6.92 Å². The molecular weight excluding hydrogens is 345 g/mol. The van der Waals surface area contributed by atoms with Gasteiger partial charge >= 0.3 is 5.97 Å². The second-order valence-electron chi connectivity index (χ2n) is 3.97. The first-order valence-electron chi connectivity index (χ1n) is 5.57. The number of hydrogen-bond donors (Lipinski definition) is 1. The van der Waals surface area contributed by atoms with Gasteiger partial charge in [0.05, 0.1) is 13.5 Å². The monoisotopic (exact) mass is 361 g/mol. The highest BCUT2D eigenvalue weighted by Gasteiger charge is 2.16. The minimum Gasteiger partial charge on any atom is -0.469 e. The Morgan fingerprint density at radius 2 is 1.94 bits per heavy atom. The molecule has 1 N–H and O–H groups in total. The quantitative estimate of drug-likeness (QED) is 0.497. The van der Waals surface area contributed by atoms with E-state index in [2.05, 4.69) is 32.6 Å². The van der Waals surface area contributed by atoms with Crippen molar-refractivity contribution in [2.75, 3.05) is 11.5 Å². The van der Waals surface area contributed by atoms with Gasteiger partial charge in [-0.25, -0.2) is 0 Å². The van der Waals surface area contributed by atoms with E-state index in [4.69, 9.17) is 0 Å². The van der Waals surface area contributed by atoms with Crippen molar-refractivity contribution in [1.82, 2.24) is 5.32 Å². The van der Waals surface area contributed by atoms with Crippen molar-refractivity contribution in [3.63, 3.8) is 0 Å². The number of carbonyl (C=O) groups is 2. The van der Waals surface area contributed by atoms with Crippen molar-refractivity contribution in [1.29, 1.82) is 0 Å². The van der Waals surface area contributed by atoms with Gasteiger partial charge in [-0.05, 0) is 19.1 Å². The molecule has 0 radical (unpaired) electrons. The zero-order valence-electron chi connectivity index (χ0n) is 10.4. The van der Waals surface area contributed by atoms with Crippen LogP contribution in [0.15, 0.2) is 24.3 Å². The average Bonchev–Trinajstić information content (AvgIpc) is 2.38. The molecule has 0 aliphatic rings. The summed E-state index contributed by atoms with van der Waals surface area (Å²) in [5, 5.41) is 2.82. The number of carbonyl (C=O) groups excluding carboxylic acids is 2. The Balaban J connectivity index is 2.61. The van der Waals surface area contributed by atoms with Gasteiger partial charge in [-0.3, -0.25) is 9.59 Å². The fraction of sp³-hybridized carbons (Fsp3) is 0.385. The van der Waals surface area contributed by atoms with Crippen LogP contribution >= 0.6 is 22.6 Å². The SMILES string of the molecule is COC(=O)C[C@@H](CI)NC(=O)c1ccc(C)cc1. The molecule has 0 aliphatic carbocycles.